The topological polar surface area (TPSA) is 73.6 Å². The van der Waals surface area contributed by atoms with Gasteiger partial charge in [0.25, 0.3) is 0 Å². The molecule has 5 nitrogen and oxygen atoms in total. The van der Waals surface area contributed by atoms with Crippen LogP contribution in [0.1, 0.15) is 13.3 Å². The molecule has 1 aromatic rings. The minimum Gasteiger partial charge on any atom is -0.497 e. The van der Waals surface area contributed by atoms with Gasteiger partial charge in [0.05, 0.1) is 20.1 Å². The minimum absolute atomic E-state index is 0.0196. The van der Waals surface area contributed by atoms with E-state index in [0.29, 0.717) is 32.0 Å². The van der Waals surface area contributed by atoms with Gasteiger partial charge in [0.15, 0.2) is 0 Å². The maximum absolute atomic E-state index is 11.5. The molecule has 0 spiro atoms. The summed E-state index contributed by atoms with van der Waals surface area (Å²) in [7, 11) is 1.61. The second kappa shape index (κ2) is 8.37. The summed E-state index contributed by atoms with van der Waals surface area (Å²) in [6.45, 7) is 3.53. The number of hydrogen-bond acceptors (Lipinski definition) is 4. The van der Waals surface area contributed by atoms with Gasteiger partial charge in [-0.2, -0.15) is 0 Å². The van der Waals surface area contributed by atoms with E-state index in [1.807, 2.05) is 31.2 Å². The quantitative estimate of drug-likeness (QED) is 0.741. The first-order chi connectivity index (χ1) is 9.15. The predicted molar refractivity (Wildman–Crippen MR) is 74.3 cm³/mol. The van der Waals surface area contributed by atoms with Crippen LogP contribution >= 0.6 is 0 Å². The van der Waals surface area contributed by atoms with E-state index >= 15 is 0 Å². The van der Waals surface area contributed by atoms with E-state index in [2.05, 4.69) is 5.32 Å². The summed E-state index contributed by atoms with van der Waals surface area (Å²) >= 11 is 0. The van der Waals surface area contributed by atoms with Gasteiger partial charge in [0, 0.05) is 6.54 Å². The lowest BCUT2D eigenvalue weighted by molar-refractivity contribution is -0.121. The number of nitrogens with one attached hydrogen (secondary N) is 1. The van der Waals surface area contributed by atoms with Gasteiger partial charge in [-0.25, -0.2) is 0 Å². The Kier molecular flexibility index (Phi) is 6.74. The Morgan fingerprint density at radius 2 is 1.95 bits per heavy atom. The Bertz CT molecular complexity index is 379. The van der Waals surface area contributed by atoms with Crippen LogP contribution in [0.25, 0.3) is 0 Å². The highest BCUT2D eigenvalue weighted by Crippen LogP contribution is 2.16. The number of carbonyl (C=O) groups is 1. The number of methoxy groups -OCH3 is 1. The van der Waals surface area contributed by atoms with Crippen molar-refractivity contribution < 1.29 is 14.3 Å². The van der Waals surface area contributed by atoms with E-state index in [4.69, 9.17) is 15.2 Å². The Morgan fingerprint density at radius 3 is 2.53 bits per heavy atom. The maximum Gasteiger partial charge on any atom is 0.223 e. The summed E-state index contributed by atoms with van der Waals surface area (Å²) in [5.74, 6) is 1.78. The van der Waals surface area contributed by atoms with Gasteiger partial charge in [0.2, 0.25) is 5.91 Å². The summed E-state index contributed by atoms with van der Waals surface area (Å²) in [5, 5.41) is 2.82. The molecule has 0 saturated heterocycles. The van der Waals surface area contributed by atoms with Crippen LogP contribution in [0.5, 0.6) is 11.5 Å². The fourth-order valence-electron chi connectivity index (χ4n) is 1.39. The summed E-state index contributed by atoms with van der Waals surface area (Å²) in [4.78, 5) is 11.5. The number of amides is 1. The molecule has 1 amide bonds. The highest BCUT2D eigenvalue weighted by atomic mass is 16.5. The number of rotatable bonds is 8. The smallest absolute Gasteiger partial charge is 0.223 e. The summed E-state index contributed by atoms with van der Waals surface area (Å²) in [5.41, 5.74) is 5.47. The van der Waals surface area contributed by atoms with Crippen molar-refractivity contribution in [1.29, 1.82) is 0 Å². The van der Waals surface area contributed by atoms with Crippen LogP contribution in [0, 0.1) is 5.92 Å². The van der Waals surface area contributed by atoms with Crippen molar-refractivity contribution in [3.05, 3.63) is 24.3 Å². The van der Waals surface area contributed by atoms with Gasteiger partial charge in [-0.1, -0.05) is 6.92 Å². The highest BCUT2D eigenvalue weighted by molar-refractivity contribution is 5.75. The van der Waals surface area contributed by atoms with Crippen molar-refractivity contribution in [2.45, 2.75) is 13.3 Å². The molecule has 1 atom stereocenters. The zero-order chi connectivity index (χ0) is 14.1. The number of nitrogens with two attached hydrogens (primary N) is 1. The fraction of sp³-hybridized carbons (Fsp3) is 0.500. The third-order valence-corrected chi connectivity index (χ3v) is 2.71. The van der Waals surface area contributed by atoms with Gasteiger partial charge in [0.1, 0.15) is 11.5 Å². The molecule has 0 saturated carbocycles. The van der Waals surface area contributed by atoms with E-state index in [1.54, 1.807) is 7.11 Å². The molecule has 5 heteroatoms. The molecule has 106 valence electrons. The molecule has 0 aliphatic heterocycles. The standard InChI is InChI=1S/C14H22N2O3/c1-11(9-15)10-16-14(17)7-8-19-13-5-3-12(18-2)4-6-13/h3-6,11H,7-10,15H2,1-2H3,(H,16,17). The van der Waals surface area contributed by atoms with Crippen LogP contribution in [0.2, 0.25) is 0 Å². The molecule has 1 unspecified atom stereocenters. The Morgan fingerprint density at radius 1 is 1.32 bits per heavy atom. The van der Waals surface area contributed by atoms with Gasteiger partial charge in [-0.15, -0.1) is 0 Å². The van der Waals surface area contributed by atoms with Gasteiger partial charge in [-0.05, 0) is 36.7 Å². The van der Waals surface area contributed by atoms with Crippen molar-refractivity contribution in [1.82, 2.24) is 5.32 Å². The lowest BCUT2D eigenvalue weighted by Gasteiger charge is -2.10. The lowest BCUT2D eigenvalue weighted by atomic mass is 10.2. The third-order valence-electron chi connectivity index (χ3n) is 2.71. The van der Waals surface area contributed by atoms with Crippen molar-refractivity contribution in [3.63, 3.8) is 0 Å². The van der Waals surface area contributed by atoms with Gasteiger partial charge >= 0.3 is 0 Å². The molecule has 3 N–H and O–H groups in total. The zero-order valence-electron chi connectivity index (χ0n) is 11.5. The van der Waals surface area contributed by atoms with E-state index in [9.17, 15) is 4.79 Å². The number of hydrogen-bond donors (Lipinski definition) is 2. The van der Waals surface area contributed by atoms with Crippen molar-refractivity contribution in [2.24, 2.45) is 11.7 Å². The largest absolute Gasteiger partial charge is 0.497 e. The fourth-order valence-corrected chi connectivity index (χ4v) is 1.39. The Labute approximate surface area is 114 Å². The molecule has 0 aromatic heterocycles. The molecule has 0 fully saturated rings. The molecule has 0 bridgehead atoms. The average Bonchev–Trinajstić information content (AvgIpc) is 2.45. The molecule has 0 heterocycles. The van der Waals surface area contributed by atoms with Crippen molar-refractivity contribution >= 4 is 5.91 Å². The van der Waals surface area contributed by atoms with Gasteiger partial charge in [-0.3, -0.25) is 4.79 Å². The second-order valence-corrected chi connectivity index (χ2v) is 4.42. The predicted octanol–water partition coefficient (Wildman–Crippen LogP) is 1.18. The second-order valence-electron chi connectivity index (χ2n) is 4.42. The highest BCUT2D eigenvalue weighted by Gasteiger charge is 2.04. The summed E-state index contributed by atoms with van der Waals surface area (Å²) < 4.78 is 10.5. The minimum atomic E-state index is -0.0196. The van der Waals surface area contributed by atoms with Crippen LogP contribution in [0.15, 0.2) is 24.3 Å². The maximum atomic E-state index is 11.5. The molecular weight excluding hydrogens is 244 g/mol. The SMILES string of the molecule is COc1ccc(OCCC(=O)NCC(C)CN)cc1. The molecule has 0 aliphatic rings. The number of carbonyl (C=O) groups excluding carboxylic acids is 1. The normalized spacial score (nSPS) is 11.7. The molecule has 1 rings (SSSR count). The first-order valence-corrected chi connectivity index (χ1v) is 6.39. The lowest BCUT2D eigenvalue weighted by Crippen LogP contribution is -2.31. The van der Waals surface area contributed by atoms with Crippen LogP contribution in [0.3, 0.4) is 0 Å². The Balaban J connectivity index is 2.20. The van der Waals surface area contributed by atoms with E-state index in [-0.39, 0.29) is 5.91 Å². The van der Waals surface area contributed by atoms with Crippen LogP contribution in [-0.4, -0.2) is 32.7 Å². The van der Waals surface area contributed by atoms with Crippen molar-refractivity contribution in [3.8, 4) is 11.5 Å². The first kappa shape index (κ1) is 15.3. The first-order valence-electron chi connectivity index (χ1n) is 6.39. The van der Waals surface area contributed by atoms with E-state index < -0.39 is 0 Å². The number of benzene rings is 1. The monoisotopic (exact) mass is 266 g/mol. The molecule has 19 heavy (non-hydrogen) atoms. The average molecular weight is 266 g/mol. The van der Waals surface area contributed by atoms with Crippen LogP contribution < -0.4 is 20.5 Å². The third kappa shape index (κ3) is 6.10. The van der Waals surface area contributed by atoms with E-state index in [1.165, 1.54) is 0 Å². The van der Waals surface area contributed by atoms with E-state index in [0.717, 1.165) is 11.5 Å². The molecule has 0 aliphatic carbocycles. The molecule has 1 aromatic carbocycles. The Hall–Kier alpha value is -1.75. The van der Waals surface area contributed by atoms with Crippen LogP contribution in [-0.2, 0) is 4.79 Å². The molecule has 0 radical (unpaired) electrons. The van der Waals surface area contributed by atoms with Gasteiger partial charge < -0.3 is 20.5 Å². The zero-order valence-corrected chi connectivity index (χ0v) is 11.5. The van der Waals surface area contributed by atoms with Crippen molar-refractivity contribution in [2.75, 3.05) is 26.8 Å². The number of ether oxygens (including phenoxy) is 2. The molecular formula is C14H22N2O3. The summed E-state index contributed by atoms with van der Waals surface area (Å²) in [6, 6.07) is 7.26. The summed E-state index contributed by atoms with van der Waals surface area (Å²) in [6.07, 6.45) is 0.337. The van der Waals surface area contributed by atoms with Crippen LogP contribution in [0.4, 0.5) is 0 Å².